The van der Waals surface area contributed by atoms with Crippen LogP contribution in [0.4, 0.5) is 5.69 Å². The summed E-state index contributed by atoms with van der Waals surface area (Å²) in [6.45, 7) is 4.57. The summed E-state index contributed by atoms with van der Waals surface area (Å²) in [6, 6.07) is 29.4. The van der Waals surface area contributed by atoms with Gasteiger partial charge in [-0.25, -0.2) is 0 Å². The van der Waals surface area contributed by atoms with E-state index >= 15 is 0 Å². The van der Waals surface area contributed by atoms with Crippen molar-refractivity contribution in [3.8, 4) is 11.1 Å². The SMILES string of the molecule is CC1=CC(N(C2=CC=CCC2)c2ccc(-c3ccc(CC(C4=CC(C)CC=C4)c4ccccc4)cc3)cc2)=CCC1. The molecule has 0 heterocycles. The van der Waals surface area contributed by atoms with Gasteiger partial charge in [-0.1, -0.05) is 116 Å². The number of allylic oxidation sites excluding steroid dienone is 11. The Morgan fingerprint density at radius 3 is 2.27 bits per heavy atom. The van der Waals surface area contributed by atoms with Crippen molar-refractivity contribution in [2.45, 2.75) is 58.3 Å². The topological polar surface area (TPSA) is 3.24 Å². The van der Waals surface area contributed by atoms with Crippen molar-refractivity contribution in [2.24, 2.45) is 5.92 Å². The lowest BCUT2D eigenvalue weighted by atomic mass is 9.81. The van der Waals surface area contributed by atoms with E-state index in [0.717, 1.165) is 38.5 Å². The minimum Gasteiger partial charge on any atom is -0.315 e. The normalized spacial score (nSPS) is 19.1. The van der Waals surface area contributed by atoms with Gasteiger partial charge in [-0.05, 0) is 103 Å². The summed E-state index contributed by atoms with van der Waals surface area (Å²) in [5, 5.41) is 0. The second kappa shape index (κ2) is 12.6. The Morgan fingerprint density at radius 2 is 1.59 bits per heavy atom. The lowest BCUT2D eigenvalue weighted by Gasteiger charge is -2.31. The van der Waals surface area contributed by atoms with Gasteiger partial charge in [0.1, 0.15) is 0 Å². The standard InChI is InChI=1S/C40H41N/c1-30-11-9-15-36(27-30)40(35-13-5-3-6-14-35)29-32-19-21-33(22-20-32)34-23-25-38(26-24-34)41(37-16-7-4-8-17-37)39-18-10-12-31(2)28-39/h3-7,9,13-16,18-28,30,40H,8,10-12,17,29H2,1-2H3. The summed E-state index contributed by atoms with van der Waals surface area (Å²) in [7, 11) is 0. The van der Waals surface area contributed by atoms with Crippen molar-refractivity contribution in [3.63, 3.8) is 0 Å². The fraction of sp³-hybridized carbons (Fsp3) is 0.250. The van der Waals surface area contributed by atoms with E-state index in [-0.39, 0.29) is 0 Å². The van der Waals surface area contributed by atoms with Crippen LogP contribution in [-0.2, 0) is 6.42 Å². The Kier molecular flexibility index (Phi) is 8.33. The highest BCUT2D eigenvalue weighted by Crippen LogP contribution is 2.35. The van der Waals surface area contributed by atoms with Crippen LogP contribution in [0.3, 0.4) is 0 Å². The monoisotopic (exact) mass is 535 g/mol. The Hall–Kier alpha value is -4.10. The molecule has 0 saturated carbocycles. The summed E-state index contributed by atoms with van der Waals surface area (Å²) in [6.07, 6.45) is 25.2. The van der Waals surface area contributed by atoms with Crippen LogP contribution in [0.15, 0.2) is 150 Å². The lowest BCUT2D eigenvalue weighted by Crippen LogP contribution is -2.22. The molecule has 0 N–H and O–H groups in total. The fourth-order valence-electron chi connectivity index (χ4n) is 6.33. The number of hydrogen-bond acceptors (Lipinski definition) is 1. The fourth-order valence-corrected chi connectivity index (χ4v) is 6.33. The van der Waals surface area contributed by atoms with Crippen molar-refractivity contribution in [3.05, 3.63) is 161 Å². The van der Waals surface area contributed by atoms with Gasteiger partial charge in [-0.2, -0.15) is 0 Å². The van der Waals surface area contributed by atoms with Crippen molar-refractivity contribution in [1.29, 1.82) is 0 Å². The van der Waals surface area contributed by atoms with Gasteiger partial charge < -0.3 is 4.90 Å². The molecule has 2 unspecified atom stereocenters. The molecule has 0 radical (unpaired) electrons. The zero-order valence-electron chi connectivity index (χ0n) is 24.5. The molecule has 0 spiro atoms. The van der Waals surface area contributed by atoms with Crippen molar-refractivity contribution < 1.29 is 0 Å². The highest BCUT2D eigenvalue weighted by Gasteiger charge is 2.20. The molecule has 0 aromatic heterocycles. The summed E-state index contributed by atoms with van der Waals surface area (Å²) in [5.41, 5.74) is 12.1. The summed E-state index contributed by atoms with van der Waals surface area (Å²) in [4.78, 5) is 2.46. The molecular formula is C40H41N. The van der Waals surface area contributed by atoms with E-state index in [0.29, 0.717) is 11.8 Å². The highest BCUT2D eigenvalue weighted by molar-refractivity contribution is 5.70. The third-order valence-corrected chi connectivity index (χ3v) is 8.58. The van der Waals surface area contributed by atoms with Gasteiger partial charge in [0.15, 0.2) is 0 Å². The maximum atomic E-state index is 2.47. The Morgan fingerprint density at radius 1 is 0.829 bits per heavy atom. The van der Waals surface area contributed by atoms with Crippen LogP contribution in [0.25, 0.3) is 11.1 Å². The molecule has 3 aliphatic rings. The molecule has 1 heteroatoms. The zero-order valence-corrected chi connectivity index (χ0v) is 24.5. The van der Waals surface area contributed by atoms with Crippen LogP contribution >= 0.6 is 0 Å². The van der Waals surface area contributed by atoms with Crippen molar-refractivity contribution in [1.82, 2.24) is 0 Å². The summed E-state index contributed by atoms with van der Waals surface area (Å²) in [5.74, 6) is 0.977. The quantitative estimate of drug-likeness (QED) is 0.277. The molecule has 206 valence electrons. The molecular weight excluding hydrogens is 494 g/mol. The first-order valence-corrected chi connectivity index (χ1v) is 15.3. The van der Waals surface area contributed by atoms with Crippen molar-refractivity contribution in [2.75, 3.05) is 4.90 Å². The molecule has 0 amide bonds. The van der Waals surface area contributed by atoms with Gasteiger partial charge >= 0.3 is 0 Å². The first kappa shape index (κ1) is 27.1. The first-order chi connectivity index (χ1) is 20.1. The molecule has 0 fully saturated rings. The minimum absolute atomic E-state index is 0.377. The molecule has 1 nitrogen and oxygen atoms in total. The van der Waals surface area contributed by atoms with E-state index < -0.39 is 0 Å². The van der Waals surface area contributed by atoms with E-state index in [1.807, 2.05) is 0 Å². The minimum atomic E-state index is 0.377. The predicted octanol–water partition coefficient (Wildman–Crippen LogP) is 10.9. The molecule has 0 bridgehead atoms. The van der Waals surface area contributed by atoms with Crippen LogP contribution in [0.1, 0.15) is 63.0 Å². The smallest absolute Gasteiger partial charge is 0.0458 e. The number of rotatable bonds is 8. The Bertz CT molecular complexity index is 1520. The number of nitrogens with zero attached hydrogens (tertiary/aromatic N) is 1. The molecule has 2 atom stereocenters. The molecule has 0 aliphatic heterocycles. The largest absolute Gasteiger partial charge is 0.315 e. The first-order valence-electron chi connectivity index (χ1n) is 15.3. The van der Waals surface area contributed by atoms with E-state index in [1.54, 1.807) is 0 Å². The van der Waals surface area contributed by atoms with E-state index in [2.05, 4.69) is 146 Å². The van der Waals surface area contributed by atoms with Gasteiger partial charge in [-0.3, -0.25) is 0 Å². The molecule has 41 heavy (non-hydrogen) atoms. The Balaban J connectivity index is 1.23. The molecule has 0 saturated heterocycles. The second-order valence-electron chi connectivity index (χ2n) is 11.8. The predicted molar refractivity (Wildman–Crippen MR) is 176 cm³/mol. The summed E-state index contributed by atoms with van der Waals surface area (Å²) >= 11 is 0. The van der Waals surface area contributed by atoms with Crippen LogP contribution in [-0.4, -0.2) is 0 Å². The van der Waals surface area contributed by atoms with Gasteiger partial charge in [-0.15, -0.1) is 0 Å². The average Bonchev–Trinajstić information content (AvgIpc) is 3.02. The third-order valence-electron chi connectivity index (χ3n) is 8.58. The Labute approximate surface area is 246 Å². The van der Waals surface area contributed by atoms with Gasteiger partial charge in [0.05, 0.1) is 0 Å². The van der Waals surface area contributed by atoms with Crippen molar-refractivity contribution >= 4 is 5.69 Å². The van der Waals surface area contributed by atoms with Gasteiger partial charge in [0.25, 0.3) is 0 Å². The second-order valence-corrected chi connectivity index (χ2v) is 11.8. The van der Waals surface area contributed by atoms with Gasteiger partial charge in [0, 0.05) is 23.0 Å². The van der Waals surface area contributed by atoms with Crippen LogP contribution in [0.2, 0.25) is 0 Å². The van der Waals surface area contributed by atoms with Crippen LogP contribution in [0.5, 0.6) is 0 Å². The maximum absolute atomic E-state index is 2.47. The maximum Gasteiger partial charge on any atom is 0.0458 e. The van der Waals surface area contributed by atoms with Gasteiger partial charge in [0.2, 0.25) is 0 Å². The molecule has 3 aliphatic carbocycles. The van der Waals surface area contributed by atoms with E-state index in [1.165, 1.54) is 50.5 Å². The van der Waals surface area contributed by atoms with Crippen LogP contribution < -0.4 is 4.90 Å². The van der Waals surface area contributed by atoms with Crippen LogP contribution in [0, 0.1) is 5.92 Å². The van der Waals surface area contributed by atoms with E-state index in [4.69, 9.17) is 0 Å². The highest BCUT2D eigenvalue weighted by atomic mass is 15.2. The average molecular weight is 536 g/mol. The third kappa shape index (κ3) is 6.46. The summed E-state index contributed by atoms with van der Waals surface area (Å²) < 4.78 is 0. The molecule has 6 rings (SSSR count). The molecule has 3 aromatic rings. The van der Waals surface area contributed by atoms with E-state index in [9.17, 15) is 0 Å². The number of benzene rings is 3. The lowest BCUT2D eigenvalue weighted by molar-refractivity contribution is 0.699. The molecule has 3 aromatic carbocycles. The number of anilines is 1. The number of hydrogen-bond donors (Lipinski definition) is 0. The zero-order chi connectivity index (χ0) is 28.0.